The number of ether oxygens (including phenoxy) is 1. The molecule has 5 nitrogen and oxygen atoms in total. The topological polar surface area (TPSA) is 70.0 Å². The van der Waals surface area contributed by atoms with Crippen molar-refractivity contribution >= 4 is 28.2 Å². The van der Waals surface area contributed by atoms with E-state index in [1.807, 2.05) is 6.07 Å². The zero-order chi connectivity index (χ0) is 21.7. The number of benzene rings is 2. The number of methoxy groups -OCH3 is 1. The van der Waals surface area contributed by atoms with Gasteiger partial charge < -0.3 is 15.4 Å². The monoisotopic (exact) mass is 434 g/mol. The first-order valence-corrected chi connectivity index (χ1v) is 9.34. The van der Waals surface area contributed by atoms with Crippen LogP contribution in [-0.2, 0) is 13.1 Å². The molecule has 2 aromatic carbocycles. The van der Waals surface area contributed by atoms with Gasteiger partial charge in [-0.1, -0.05) is 17.7 Å². The summed E-state index contributed by atoms with van der Waals surface area (Å²) in [5.41, 5.74) is 3.08. The molecule has 0 aliphatic carbocycles. The van der Waals surface area contributed by atoms with Crippen molar-refractivity contribution in [2.45, 2.75) is 19.3 Å². The molecule has 0 unspecified atom stereocenters. The molecule has 0 saturated heterocycles. The van der Waals surface area contributed by atoms with Gasteiger partial charge in [-0.15, -0.1) is 0 Å². The third kappa shape index (κ3) is 5.32. The number of anilines is 1. The highest BCUT2D eigenvalue weighted by Gasteiger charge is 2.26. The maximum absolute atomic E-state index is 12.5. The van der Waals surface area contributed by atoms with Crippen LogP contribution in [0.1, 0.15) is 16.7 Å². The molecule has 0 amide bonds. The van der Waals surface area contributed by atoms with E-state index in [-0.39, 0.29) is 6.54 Å². The molecule has 156 valence electrons. The molecule has 0 radical (unpaired) electrons. The number of nitrogens with one attached hydrogen (secondary N) is 2. The highest BCUT2D eigenvalue weighted by atomic mass is 35.5. The second-order valence-electron chi connectivity index (χ2n) is 6.54. The molecule has 0 atom stereocenters. The van der Waals surface area contributed by atoms with Crippen molar-refractivity contribution < 1.29 is 17.9 Å². The van der Waals surface area contributed by atoms with Gasteiger partial charge in [-0.2, -0.15) is 18.4 Å². The van der Waals surface area contributed by atoms with Crippen LogP contribution in [0.3, 0.4) is 0 Å². The van der Waals surface area contributed by atoms with Crippen LogP contribution in [0.25, 0.3) is 10.9 Å². The van der Waals surface area contributed by atoms with Crippen molar-refractivity contribution in [3.63, 3.8) is 0 Å². The molecule has 0 aliphatic rings. The second-order valence-corrected chi connectivity index (χ2v) is 6.95. The molecule has 1 aromatic heterocycles. The predicted molar refractivity (Wildman–Crippen MR) is 110 cm³/mol. The van der Waals surface area contributed by atoms with Gasteiger partial charge in [0, 0.05) is 35.9 Å². The molecule has 0 fully saturated rings. The van der Waals surface area contributed by atoms with Gasteiger partial charge in [-0.25, -0.2) is 0 Å². The summed E-state index contributed by atoms with van der Waals surface area (Å²) >= 11 is 6.17. The first-order valence-electron chi connectivity index (χ1n) is 8.96. The van der Waals surface area contributed by atoms with Gasteiger partial charge in [0.05, 0.1) is 35.8 Å². The summed E-state index contributed by atoms with van der Waals surface area (Å²) in [6.45, 7) is -0.784. The number of rotatable bonds is 7. The fourth-order valence-electron chi connectivity index (χ4n) is 3.00. The molecule has 0 saturated carbocycles. The highest BCUT2D eigenvalue weighted by molar-refractivity contribution is 6.32. The summed E-state index contributed by atoms with van der Waals surface area (Å²) in [5, 5.41) is 16.0. The fraction of sp³-hybridized carbons (Fsp3) is 0.238. The van der Waals surface area contributed by atoms with Crippen LogP contribution in [0.4, 0.5) is 18.9 Å². The average molecular weight is 435 g/mol. The lowest BCUT2D eigenvalue weighted by Crippen LogP contribution is -2.28. The van der Waals surface area contributed by atoms with Crippen LogP contribution in [0.2, 0.25) is 5.02 Å². The molecule has 2 N–H and O–H groups in total. The largest absolute Gasteiger partial charge is 0.495 e. The third-order valence-electron chi connectivity index (χ3n) is 4.40. The zero-order valence-electron chi connectivity index (χ0n) is 16.0. The minimum atomic E-state index is -4.31. The maximum Gasteiger partial charge on any atom is 0.401 e. The van der Waals surface area contributed by atoms with E-state index >= 15 is 0 Å². The van der Waals surface area contributed by atoms with Crippen molar-refractivity contribution in [2.24, 2.45) is 0 Å². The van der Waals surface area contributed by atoms with E-state index in [1.54, 1.807) is 30.3 Å². The van der Waals surface area contributed by atoms with Crippen LogP contribution in [0.5, 0.6) is 5.75 Å². The Bertz CT molecular complexity index is 1100. The van der Waals surface area contributed by atoms with Gasteiger partial charge >= 0.3 is 6.18 Å². The van der Waals surface area contributed by atoms with Gasteiger partial charge in [-0.05, 0) is 35.9 Å². The van der Waals surface area contributed by atoms with Crippen molar-refractivity contribution in [3.05, 3.63) is 64.3 Å². The lowest BCUT2D eigenvalue weighted by atomic mass is 10.1. The first kappa shape index (κ1) is 21.7. The van der Waals surface area contributed by atoms with E-state index in [1.165, 1.54) is 13.3 Å². The number of fused-ring (bicyclic) bond motifs is 1. The molecule has 1 heterocycles. The summed E-state index contributed by atoms with van der Waals surface area (Å²) < 4.78 is 42.7. The average Bonchev–Trinajstić information content (AvgIpc) is 2.71. The molecule has 0 spiro atoms. The molecule has 30 heavy (non-hydrogen) atoms. The van der Waals surface area contributed by atoms with Crippen LogP contribution < -0.4 is 15.4 Å². The summed E-state index contributed by atoms with van der Waals surface area (Å²) in [6.07, 6.45) is -2.78. The van der Waals surface area contributed by atoms with Gasteiger partial charge in [0.25, 0.3) is 0 Å². The smallest absolute Gasteiger partial charge is 0.401 e. The number of nitrogens with zero attached hydrogens (tertiary/aromatic N) is 2. The predicted octanol–water partition coefficient (Wildman–Crippen LogP) is 5.03. The second kappa shape index (κ2) is 9.20. The third-order valence-corrected chi connectivity index (χ3v) is 4.70. The van der Waals surface area contributed by atoms with Crippen molar-refractivity contribution in [1.82, 2.24) is 10.3 Å². The Morgan fingerprint density at radius 3 is 2.63 bits per heavy atom. The number of halogens is 4. The summed E-state index contributed by atoms with van der Waals surface area (Å²) in [7, 11) is 1.52. The number of aromatic nitrogens is 1. The number of nitriles is 1. The van der Waals surface area contributed by atoms with E-state index in [2.05, 4.69) is 21.7 Å². The first-order chi connectivity index (χ1) is 14.3. The number of pyridine rings is 1. The number of hydrogen-bond acceptors (Lipinski definition) is 5. The lowest BCUT2D eigenvalue weighted by molar-refractivity contribution is -0.125. The summed E-state index contributed by atoms with van der Waals surface area (Å²) in [5.74, 6) is 0.547. The zero-order valence-corrected chi connectivity index (χ0v) is 16.7. The summed E-state index contributed by atoms with van der Waals surface area (Å²) in [6, 6.07) is 12.4. The Labute approximate surface area is 176 Å². The molecular weight excluding hydrogens is 417 g/mol. The van der Waals surface area contributed by atoms with Crippen LogP contribution in [0, 0.1) is 11.3 Å². The molecule has 0 bridgehead atoms. The Balaban J connectivity index is 1.92. The molecular formula is C21H18ClF3N4O. The quantitative estimate of drug-likeness (QED) is 0.545. The fourth-order valence-corrected chi connectivity index (χ4v) is 3.28. The number of alkyl halides is 3. The van der Waals surface area contributed by atoms with Crippen LogP contribution in [-0.4, -0.2) is 24.8 Å². The van der Waals surface area contributed by atoms with E-state index in [0.29, 0.717) is 45.0 Å². The van der Waals surface area contributed by atoms with Gasteiger partial charge in [0.2, 0.25) is 0 Å². The normalized spacial score (nSPS) is 11.3. The molecule has 0 aliphatic heterocycles. The van der Waals surface area contributed by atoms with Gasteiger partial charge in [-0.3, -0.25) is 4.98 Å². The van der Waals surface area contributed by atoms with E-state index in [9.17, 15) is 18.4 Å². The highest BCUT2D eigenvalue weighted by Crippen LogP contribution is 2.29. The van der Waals surface area contributed by atoms with E-state index in [4.69, 9.17) is 16.3 Å². The molecule has 3 rings (SSSR count). The molecule has 9 heteroatoms. The standard InChI is InChI=1S/C21H18ClF3N4O/c1-30-19-5-3-14(7-17(19)22)9-29-20-15(10-27-12-21(23,24)25)11-28-18-4-2-13(8-26)6-16(18)20/h2-7,11,27H,9-10,12H2,1H3,(H,28,29). The van der Waals surface area contributed by atoms with E-state index < -0.39 is 12.7 Å². The van der Waals surface area contributed by atoms with Gasteiger partial charge in [0.1, 0.15) is 5.75 Å². The van der Waals surface area contributed by atoms with Crippen LogP contribution in [0.15, 0.2) is 42.6 Å². The molecule has 3 aromatic rings. The summed E-state index contributed by atoms with van der Waals surface area (Å²) in [4.78, 5) is 4.32. The number of hydrogen-bond donors (Lipinski definition) is 2. The van der Waals surface area contributed by atoms with Crippen molar-refractivity contribution in [3.8, 4) is 11.8 Å². The SMILES string of the molecule is COc1ccc(CNc2c(CNCC(F)(F)F)cnc3ccc(C#N)cc23)cc1Cl. The Hall–Kier alpha value is -3.02. The lowest BCUT2D eigenvalue weighted by Gasteiger charge is -2.16. The maximum atomic E-state index is 12.5. The Morgan fingerprint density at radius 1 is 1.17 bits per heavy atom. The van der Waals surface area contributed by atoms with Gasteiger partial charge in [0.15, 0.2) is 0 Å². The minimum absolute atomic E-state index is 0.0368. The Morgan fingerprint density at radius 2 is 1.97 bits per heavy atom. The minimum Gasteiger partial charge on any atom is -0.495 e. The van der Waals surface area contributed by atoms with E-state index in [0.717, 1.165) is 5.56 Å². The van der Waals surface area contributed by atoms with Crippen molar-refractivity contribution in [1.29, 1.82) is 5.26 Å². The van der Waals surface area contributed by atoms with Crippen molar-refractivity contribution in [2.75, 3.05) is 19.0 Å². The van der Waals surface area contributed by atoms with Crippen LogP contribution >= 0.6 is 11.6 Å². The Kier molecular flexibility index (Phi) is 6.65.